The SMILES string of the molecule is CCN(CC(Cl)=CCl)CC1CCCNC1. The molecule has 0 bridgehead atoms. The summed E-state index contributed by atoms with van der Waals surface area (Å²) in [6.07, 6.45) is 2.62. The van der Waals surface area contributed by atoms with E-state index >= 15 is 0 Å². The predicted octanol–water partition coefficient (Wildman–Crippen LogP) is 2.63. The number of hydrogen-bond donors (Lipinski definition) is 1. The third-order valence-corrected chi connectivity index (χ3v) is 3.46. The van der Waals surface area contributed by atoms with E-state index in [-0.39, 0.29) is 0 Å². The second-order valence-corrected chi connectivity index (χ2v) is 4.80. The quantitative estimate of drug-likeness (QED) is 0.808. The lowest BCUT2D eigenvalue weighted by Crippen LogP contribution is -2.38. The zero-order valence-corrected chi connectivity index (χ0v) is 10.8. The minimum absolute atomic E-state index is 0.724. The van der Waals surface area contributed by atoms with Crippen LogP contribution in [0.1, 0.15) is 19.8 Å². The van der Waals surface area contributed by atoms with E-state index in [0.717, 1.165) is 37.1 Å². The Labute approximate surface area is 103 Å². The molecule has 1 heterocycles. The molecule has 0 aliphatic carbocycles. The number of rotatable bonds is 5. The van der Waals surface area contributed by atoms with Crippen LogP contribution in [0.2, 0.25) is 0 Å². The molecule has 1 aliphatic heterocycles. The smallest absolute Gasteiger partial charge is 0.0434 e. The van der Waals surface area contributed by atoms with Crippen LogP contribution in [0.15, 0.2) is 10.6 Å². The summed E-state index contributed by atoms with van der Waals surface area (Å²) < 4.78 is 0. The van der Waals surface area contributed by atoms with Crippen LogP contribution in [0.5, 0.6) is 0 Å². The van der Waals surface area contributed by atoms with Gasteiger partial charge in [-0.2, -0.15) is 0 Å². The highest BCUT2D eigenvalue weighted by Gasteiger charge is 2.16. The van der Waals surface area contributed by atoms with Gasteiger partial charge < -0.3 is 5.32 Å². The summed E-state index contributed by atoms with van der Waals surface area (Å²) in [5, 5.41) is 4.16. The molecule has 0 amide bonds. The van der Waals surface area contributed by atoms with Gasteiger partial charge in [0.1, 0.15) is 0 Å². The first-order valence-corrected chi connectivity index (χ1v) is 6.45. The van der Waals surface area contributed by atoms with Crippen LogP contribution < -0.4 is 5.32 Å². The lowest BCUT2D eigenvalue weighted by molar-refractivity contribution is 0.232. The number of nitrogens with one attached hydrogen (secondary N) is 1. The molecule has 0 aromatic rings. The molecule has 0 aromatic heterocycles. The number of halogens is 2. The molecule has 0 saturated carbocycles. The Balaban J connectivity index is 2.31. The number of piperidine rings is 1. The van der Waals surface area contributed by atoms with E-state index in [9.17, 15) is 0 Å². The minimum atomic E-state index is 0.724. The van der Waals surface area contributed by atoms with Gasteiger partial charge in [-0.05, 0) is 38.4 Å². The van der Waals surface area contributed by atoms with E-state index in [0.29, 0.717) is 0 Å². The Morgan fingerprint density at radius 1 is 1.60 bits per heavy atom. The van der Waals surface area contributed by atoms with Gasteiger partial charge in [0.15, 0.2) is 0 Å². The van der Waals surface area contributed by atoms with Crippen LogP contribution in [-0.4, -0.2) is 37.6 Å². The summed E-state index contributed by atoms with van der Waals surface area (Å²) in [6.45, 7) is 7.39. The molecule has 0 spiro atoms. The Morgan fingerprint density at radius 3 is 2.93 bits per heavy atom. The van der Waals surface area contributed by atoms with Crippen molar-refractivity contribution in [3.8, 4) is 0 Å². The fourth-order valence-electron chi connectivity index (χ4n) is 2.00. The fraction of sp³-hybridized carbons (Fsp3) is 0.818. The second-order valence-electron chi connectivity index (χ2n) is 4.10. The molecule has 1 saturated heterocycles. The van der Waals surface area contributed by atoms with Gasteiger partial charge in [-0.15, -0.1) is 0 Å². The van der Waals surface area contributed by atoms with E-state index < -0.39 is 0 Å². The van der Waals surface area contributed by atoms with Crippen molar-refractivity contribution in [1.29, 1.82) is 0 Å². The standard InChI is InChI=1S/C11H20Cl2N2/c1-2-15(9-11(13)6-12)8-10-4-3-5-14-7-10/h6,10,14H,2-5,7-9H2,1H3. The van der Waals surface area contributed by atoms with Gasteiger partial charge in [-0.25, -0.2) is 0 Å². The highest BCUT2D eigenvalue weighted by atomic mass is 35.5. The molecule has 1 rings (SSSR count). The number of likely N-dealkylation sites (N-methyl/N-ethyl adjacent to an activating group) is 1. The van der Waals surface area contributed by atoms with Gasteiger partial charge >= 0.3 is 0 Å². The molecule has 1 fully saturated rings. The normalized spacial score (nSPS) is 23.5. The summed E-state index contributed by atoms with van der Waals surface area (Å²) in [5.74, 6) is 0.762. The van der Waals surface area contributed by atoms with Crippen molar-refractivity contribution in [3.05, 3.63) is 10.6 Å². The lowest BCUT2D eigenvalue weighted by atomic mass is 9.99. The maximum atomic E-state index is 5.93. The number of nitrogens with zero attached hydrogens (tertiary/aromatic N) is 1. The van der Waals surface area contributed by atoms with Gasteiger partial charge in [-0.3, -0.25) is 4.90 Å². The average Bonchev–Trinajstić information content (AvgIpc) is 2.29. The number of hydrogen-bond acceptors (Lipinski definition) is 2. The van der Waals surface area contributed by atoms with Gasteiger partial charge in [0.25, 0.3) is 0 Å². The summed E-state index contributed by atoms with van der Waals surface area (Å²) in [7, 11) is 0. The molecule has 1 unspecified atom stereocenters. The second kappa shape index (κ2) is 7.50. The highest BCUT2D eigenvalue weighted by Crippen LogP contribution is 2.14. The Hall–Kier alpha value is 0.240. The first-order valence-electron chi connectivity index (χ1n) is 5.64. The molecular formula is C11H20Cl2N2. The summed E-state index contributed by atoms with van der Waals surface area (Å²) in [5.41, 5.74) is 1.46. The van der Waals surface area contributed by atoms with Gasteiger partial charge in [0, 0.05) is 23.7 Å². The Morgan fingerprint density at radius 2 is 2.40 bits per heavy atom. The molecule has 4 heteroatoms. The van der Waals surface area contributed by atoms with Crippen molar-refractivity contribution < 1.29 is 0 Å². The zero-order chi connectivity index (χ0) is 11.1. The monoisotopic (exact) mass is 250 g/mol. The zero-order valence-electron chi connectivity index (χ0n) is 9.31. The van der Waals surface area contributed by atoms with Crippen molar-refractivity contribution in [3.63, 3.8) is 0 Å². The molecule has 1 N–H and O–H groups in total. The van der Waals surface area contributed by atoms with E-state index in [1.807, 2.05) is 0 Å². The van der Waals surface area contributed by atoms with Crippen LogP contribution >= 0.6 is 23.2 Å². The minimum Gasteiger partial charge on any atom is -0.316 e. The molecule has 1 aliphatic rings. The van der Waals surface area contributed by atoms with Gasteiger partial charge in [0.05, 0.1) is 0 Å². The summed E-state index contributed by atoms with van der Waals surface area (Å²) in [4.78, 5) is 2.35. The van der Waals surface area contributed by atoms with Crippen molar-refractivity contribution in [1.82, 2.24) is 10.2 Å². The molecule has 88 valence electrons. The van der Waals surface area contributed by atoms with E-state index in [4.69, 9.17) is 23.2 Å². The molecule has 15 heavy (non-hydrogen) atoms. The van der Waals surface area contributed by atoms with Crippen LogP contribution in [0.25, 0.3) is 0 Å². The van der Waals surface area contributed by atoms with Crippen molar-refractivity contribution >= 4 is 23.2 Å². The van der Waals surface area contributed by atoms with Crippen molar-refractivity contribution in [2.24, 2.45) is 5.92 Å². The van der Waals surface area contributed by atoms with Crippen LogP contribution in [-0.2, 0) is 0 Å². The van der Waals surface area contributed by atoms with Gasteiger partial charge in [0.2, 0.25) is 0 Å². The van der Waals surface area contributed by atoms with Crippen LogP contribution in [0, 0.1) is 5.92 Å². The van der Waals surface area contributed by atoms with E-state index in [1.165, 1.54) is 24.9 Å². The first-order chi connectivity index (χ1) is 7.26. The van der Waals surface area contributed by atoms with Crippen molar-refractivity contribution in [2.75, 3.05) is 32.7 Å². The molecule has 1 atom stereocenters. The molecule has 0 radical (unpaired) electrons. The topological polar surface area (TPSA) is 15.3 Å². The third kappa shape index (κ3) is 5.21. The molecule has 0 aromatic carbocycles. The highest BCUT2D eigenvalue weighted by molar-refractivity contribution is 6.36. The maximum Gasteiger partial charge on any atom is 0.0434 e. The summed E-state index contributed by atoms with van der Waals surface area (Å²) >= 11 is 11.5. The van der Waals surface area contributed by atoms with Crippen LogP contribution in [0.4, 0.5) is 0 Å². The Bertz CT molecular complexity index is 201. The van der Waals surface area contributed by atoms with Gasteiger partial charge in [-0.1, -0.05) is 30.1 Å². The largest absolute Gasteiger partial charge is 0.316 e. The molecular weight excluding hydrogens is 231 g/mol. The fourth-order valence-corrected chi connectivity index (χ4v) is 2.24. The molecule has 2 nitrogen and oxygen atoms in total. The third-order valence-electron chi connectivity index (χ3n) is 2.86. The van der Waals surface area contributed by atoms with Crippen LogP contribution in [0.3, 0.4) is 0 Å². The lowest BCUT2D eigenvalue weighted by Gasteiger charge is -2.29. The van der Waals surface area contributed by atoms with Crippen molar-refractivity contribution in [2.45, 2.75) is 19.8 Å². The van der Waals surface area contributed by atoms with E-state index in [1.54, 1.807) is 0 Å². The Kier molecular flexibility index (Phi) is 6.66. The predicted molar refractivity (Wildman–Crippen MR) is 67.5 cm³/mol. The van der Waals surface area contributed by atoms with E-state index in [2.05, 4.69) is 17.1 Å². The average molecular weight is 251 g/mol. The summed E-state index contributed by atoms with van der Waals surface area (Å²) in [6, 6.07) is 0. The first kappa shape index (κ1) is 13.3. The maximum absolute atomic E-state index is 5.93.